The van der Waals surface area contributed by atoms with Gasteiger partial charge >= 0.3 is 0 Å². The molecule has 0 unspecified atom stereocenters. The summed E-state index contributed by atoms with van der Waals surface area (Å²) in [5.74, 6) is -0.329. The fourth-order valence-electron chi connectivity index (χ4n) is 1.14. The van der Waals surface area contributed by atoms with E-state index >= 15 is 0 Å². The maximum atomic E-state index is 13.5. The van der Waals surface area contributed by atoms with Crippen molar-refractivity contribution in [1.29, 1.82) is 0 Å². The molecule has 1 aromatic carbocycles. The standard InChI is InChI=1S/C10H10BrFO/c1-6(2)9-4-8(11)3-7(5-13)10(9)12/h3-6H,1-2H3. The molecule has 0 aliphatic carbocycles. The molecule has 13 heavy (non-hydrogen) atoms. The third kappa shape index (κ3) is 2.15. The average molecular weight is 245 g/mol. The molecule has 3 heteroatoms. The van der Waals surface area contributed by atoms with E-state index in [0.717, 1.165) is 4.47 Å². The van der Waals surface area contributed by atoms with Crippen LogP contribution in [-0.2, 0) is 0 Å². The van der Waals surface area contributed by atoms with Gasteiger partial charge in [0.05, 0.1) is 5.56 Å². The molecule has 0 atom stereocenters. The third-order valence-corrected chi connectivity index (χ3v) is 2.30. The fourth-order valence-corrected chi connectivity index (χ4v) is 1.63. The van der Waals surface area contributed by atoms with E-state index in [1.165, 1.54) is 6.07 Å². The van der Waals surface area contributed by atoms with E-state index in [9.17, 15) is 9.18 Å². The summed E-state index contributed by atoms with van der Waals surface area (Å²) < 4.78 is 14.2. The lowest BCUT2D eigenvalue weighted by atomic mass is 10.0. The minimum Gasteiger partial charge on any atom is -0.298 e. The highest BCUT2D eigenvalue weighted by molar-refractivity contribution is 9.10. The first-order valence-electron chi connectivity index (χ1n) is 4.00. The van der Waals surface area contributed by atoms with Gasteiger partial charge in [-0.05, 0) is 23.6 Å². The van der Waals surface area contributed by atoms with Crippen molar-refractivity contribution in [3.05, 3.63) is 33.5 Å². The molecular weight excluding hydrogens is 235 g/mol. The molecule has 0 heterocycles. The van der Waals surface area contributed by atoms with Gasteiger partial charge in [-0.15, -0.1) is 0 Å². The Morgan fingerprint density at radius 1 is 1.46 bits per heavy atom. The summed E-state index contributed by atoms with van der Waals surface area (Å²) in [5.41, 5.74) is 0.676. The van der Waals surface area contributed by atoms with Crippen LogP contribution in [0.25, 0.3) is 0 Å². The monoisotopic (exact) mass is 244 g/mol. The highest BCUT2D eigenvalue weighted by atomic mass is 79.9. The number of carbonyl (C=O) groups excluding carboxylic acids is 1. The Labute approximate surface area is 85.1 Å². The highest BCUT2D eigenvalue weighted by Gasteiger charge is 2.11. The second-order valence-electron chi connectivity index (χ2n) is 3.17. The molecular formula is C10H10BrFO. The van der Waals surface area contributed by atoms with Gasteiger partial charge in [-0.25, -0.2) is 4.39 Å². The van der Waals surface area contributed by atoms with Crippen LogP contribution in [0.15, 0.2) is 16.6 Å². The molecule has 0 fully saturated rings. The fraction of sp³-hybridized carbons (Fsp3) is 0.300. The lowest BCUT2D eigenvalue weighted by molar-refractivity contribution is 0.111. The first-order chi connectivity index (χ1) is 6.06. The van der Waals surface area contributed by atoms with Crippen molar-refractivity contribution >= 4 is 22.2 Å². The second-order valence-corrected chi connectivity index (χ2v) is 4.09. The number of aldehydes is 1. The zero-order valence-electron chi connectivity index (χ0n) is 7.47. The number of benzene rings is 1. The quantitative estimate of drug-likeness (QED) is 0.728. The van der Waals surface area contributed by atoms with Crippen LogP contribution >= 0.6 is 15.9 Å². The van der Waals surface area contributed by atoms with Crippen LogP contribution in [0.4, 0.5) is 4.39 Å². The van der Waals surface area contributed by atoms with E-state index in [2.05, 4.69) is 15.9 Å². The summed E-state index contributed by atoms with van der Waals surface area (Å²) in [6, 6.07) is 3.18. The smallest absolute Gasteiger partial charge is 0.153 e. The summed E-state index contributed by atoms with van der Waals surface area (Å²) >= 11 is 3.23. The van der Waals surface area contributed by atoms with Gasteiger partial charge in [0.25, 0.3) is 0 Å². The van der Waals surface area contributed by atoms with Crippen LogP contribution < -0.4 is 0 Å². The Morgan fingerprint density at radius 3 is 2.54 bits per heavy atom. The molecule has 0 aliphatic heterocycles. The number of hydrogen-bond acceptors (Lipinski definition) is 1. The van der Waals surface area contributed by atoms with E-state index in [1.54, 1.807) is 6.07 Å². The molecule has 0 saturated carbocycles. The Bertz CT molecular complexity index is 334. The van der Waals surface area contributed by atoms with Gasteiger partial charge in [-0.3, -0.25) is 4.79 Å². The van der Waals surface area contributed by atoms with Crippen molar-refractivity contribution in [3.8, 4) is 0 Å². The van der Waals surface area contributed by atoms with Gasteiger partial charge in [-0.1, -0.05) is 29.8 Å². The molecule has 70 valence electrons. The Morgan fingerprint density at radius 2 is 2.08 bits per heavy atom. The molecule has 1 nitrogen and oxygen atoms in total. The lowest BCUT2D eigenvalue weighted by Crippen LogP contribution is -1.98. The van der Waals surface area contributed by atoms with Gasteiger partial charge < -0.3 is 0 Å². The number of carbonyl (C=O) groups is 1. The summed E-state index contributed by atoms with van der Waals surface area (Å²) in [6.45, 7) is 3.78. The Kier molecular flexibility index (Phi) is 3.20. The van der Waals surface area contributed by atoms with Crippen LogP contribution in [0.5, 0.6) is 0 Å². The van der Waals surface area contributed by atoms with Crippen molar-refractivity contribution in [1.82, 2.24) is 0 Å². The second kappa shape index (κ2) is 4.01. The maximum absolute atomic E-state index is 13.5. The van der Waals surface area contributed by atoms with E-state index in [0.29, 0.717) is 11.8 Å². The van der Waals surface area contributed by atoms with Gasteiger partial charge in [0.15, 0.2) is 6.29 Å². The first kappa shape index (κ1) is 10.4. The van der Waals surface area contributed by atoms with E-state index in [1.807, 2.05) is 13.8 Å². The summed E-state index contributed by atoms with van der Waals surface area (Å²) in [6.07, 6.45) is 0.534. The van der Waals surface area contributed by atoms with E-state index in [4.69, 9.17) is 0 Å². The summed E-state index contributed by atoms with van der Waals surface area (Å²) in [4.78, 5) is 10.5. The highest BCUT2D eigenvalue weighted by Crippen LogP contribution is 2.25. The Balaban J connectivity index is 3.35. The largest absolute Gasteiger partial charge is 0.298 e. The third-order valence-electron chi connectivity index (χ3n) is 1.84. The zero-order valence-corrected chi connectivity index (χ0v) is 9.06. The predicted molar refractivity (Wildman–Crippen MR) is 53.6 cm³/mol. The van der Waals surface area contributed by atoms with Crippen molar-refractivity contribution in [2.24, 2.45) is 0 Å². The van der Waals surface area contributed by atoms with Crippen molar-refractivity contribution in [2.75, 3.05) is 0 Å². The molecule has 0 amide bonds. The number of hydrogen-bond donors (Lipinski definition) is 0. The SMILES string of the molecule is CC(C)c1cc(Br)cc(C=O)c1F. The van der Waals surface area contributed by atoms with Gasteiger partial charge in [0.1, 0.15) is 5.82 Å². The molecule has 0 aromatic heterocycles. The van der Waals surface area contributed by atoms with E-state index in [-0.39, 0.29) is 11.5 Å². The van der Waals surface area contributed by atoms with Gasteiger partial charge in [0.2, 0.25) is 0 Å². The summed E-state index contributed by atoms with van der Waals surface area (Å²) in [7, 11) is 0. The minimum atomic E-state index is -0.409. The minimum absolute atomic E-state index is 0.0798. The molecule has 0 radical (unpaired) electrons. The summed E-state index contributed by atoms with van der Waals surface area (Å²) in [5, 5.41) is 0. The molecule has 1 aromatic rings. The predicted octanol–water partition coefficient (Wildman–Crippen LogP) is 3.52. The lowest BCUT2D eigenvalue weighted by Gasteiger charge is -2.08. The molecule has 0 aliphatic rings. The van der Waals surface area contributed by atoms with Gasteiger partial charge in [0, 0.05) is 4.47 Å². The van der Waals surface area contributed by atoms with Gasteiger partial charge in [-0.2, -0.15) is 0 Å². The van der Waals surface area contributed by atoms with Crippen LogP contribution in [0.2, 0.25) is 0 Å². The Hall–Kier alpha value is -0.700. The normalized spacial score (nSPS) is 10.5. The van der Waals surface area contributed by atoms with Crippen LogP contribution in [0.1, 0.15) is 35.7 Å². The zero-order chi connectivity index (χ0) is 10.0. The van der Waals surface area contributed by atoms with Crippen LogP contribution in [0.3, 0.4) is 0 Å². The molecule has 0 saturated heterocycles. The van der Waals surface area contributed by atoms with Crippen LogP contribution in [-0.4, -0.2) is 6.29 Å². The number of halogens is 2. The topological polar surface area (TPSA) is 17.1 Å². The molecule has 0 bridgehead atoms. The van der Waals surface area contributed by atoms with Crippen molar-refractivity contribution in [3.63, 3.8) is 0 Å². The molecule has 0 spiro atoms. The first-order valence-corrected chi connectivity index (χ1v) is 4.79. The van der Waals surface area contributed by atoms with E-state index < -0.39 is 5.82 Å². The molecule has 1 rings (SSSR count). The molecule has 0 N–H and O–H groups in total. The number of rotatable bonds is 2. The van der Waals surface area contributed by atoms with Crippen molar-refractivity contribution < 1.29 is 9.18 Å². The van der Waals surface area contributed by atoms with Crippen LogP contribution in [0, 0.1) is 5.82 Å². The maximum Gasteiger partial charge on any atom is 0.153 e. The average Bonchev–Trinajstić information content (AvgIpc) is 2.08. The van der Waals surface area contributed by atoms with Crippen molar-refractivity contribution in [2.45, 2.75) is 19.8 Å².